The zero-order valence-electron chi connectivity index (χ0n) is 12.2. The molecule has 0 N–H and O–H groups in total. The van der Waals surface area contributed by atoms with Crippen LogP contribution < -0.4 is 0 Å². The van der Waals surface area contributed by atoms with E-state index in [1.807, 2.05) is 0 Å². The lowest BCUT2D eigenvalue weighted by Gasteiger charge is -2.37. The maximum absolute atomic E-state index is 9.20. The van der Waals surface area contributed by atoms with Gasteiger partial charge in [0.1, 0.15) is 0 Å². The van der Waals surface area contributed by atoms with Crippen LogP contribution in [0.25, 0.3) is 0 Å². The number of rotatable bonds is 6. The molecule has 19 heavy (non-hydrogen) atoms. The van der Waals surface area contributed by atoms with Crippen molar-refractivity contribution in [1.29, 1.82) is 5.26 Å². The van der Waals surface area contributed by atoms with Gasteiger partial charge in [-0.3, -0.25) is 4.90 Å². The Morgan fingerprint density at radius 2 is 2.11 bits per heavy atom. The Balaban J connectivity index is 1.65. The lowest BCUT2D eigenvalue weighted by molar-refractivity contribution is 0.0718. The fourth-order valence-electron chi connectivity index (χ4n) is 3.10. The second kappa shape index (κ2) is 7.84. The van der Waals surface area contributed by atoms with Crippen molar-refractivity contribution in [2.75, 3.05) is 39.3 Å². The average molecular weight is 265 g/mol. The molecule has 0 spiro atoms. The topological polar surface area (TPSA) is 39.5 Å². The van der Waals surface area contributed by atoms with E-state index in [0.717, 1.165) is 52.2 Å². The number of nitriles is 1. The smallest absolute Gasteiger partial charge is 0.0978 e. The summed E-state index contributed by atoms with van der Waals surface area (Å²) >= 11 is 0. The summed E-state index contributed by atoms with van der Waals surface area (Å²) in [5.41, 5.74) is 0. The molecule has 2 aliphatic rings. The van der Waals surface area contributed by atoms with E-state index >= 15 is 0 Å². The van der Waals surface area contributed by atoms with Crippen molar-refractivity contribution < 1.29 is 4.74 Å². The summed E-state index contributed by atoms with van der Waals surface area (Å²) in [4.78, 5) is 4.88. The fourth-order valence-corrected chi connectivity index (χ4v) is 3.10. The first-order valence-electron chi connectivity index (χ1n) is 7.81. The van der Waals surface area contributed by atoms with Crippen LogP contribution in [-0.4, -0.2) is 61.3 Å². The Bertz CT molecular complexity index is 288. The molecule has 2 saturated heterocycles. The van der Waals surface area contributed by atoms with Crippen LogP contribution in [0.5, 0.6) is 0 Å². The Morgan fingerprint density at radius 3 is 2.68 bits per heavy atom. The standard InChI is InChI=1S/C15H27N3O/c1-2-4-14(13-16)18-10-8-17(9-11-18)7-6-15-5-3-12-19-15/h14-15H,2-12H2,1H3. The number of hydrogen-bond acceptors (Lipinski definition) is 4. The summed E-state index contributed by atoms with van der Waals surface area (Å²) in [6.45, 7) is 8.57. The third-order valence-corrected chi connectivity index (χ3v) is 4.35. The highest BCUT2D eigenvalue weighted by Crippen LogP contribution is 2.17. The van der Waals surface area contributed by atoms with Crippen molar-refractivity contribution in [1.82, 2.24) is 9.80 Å². The molecule has 0 saturated carbocycles. The van der Waals surface area contributed by atoms with Crippen LogP contribution in [0.2, 0.25) is 0 Å². The molecule has 0 bridgehead atoms. The van der Waals surface area contributed by atoms with Crippen LogP contribution in [0.1, 0.15) is 39.0 Å². The zero-order valence-corrected chi connectivity index (χ0v) is 12.2. The van der Waals surface area contributed by atoms with Gasteiger partial charge in [-0.15, -0.1) is 0 Å². The molecule has 0 aromatic rings. The first-order valence-corrected chi connectivity index (χ1v) is 7.81. The molecule has 2 rings (SSSR count). The highest BCUT2D eigenvalue weighted by atomic mass is 16.5. The quantitative estimate of drug-likeness (QED) is 0.735. The number of hydrogen-bond donors (Lipinski definition) is 0. The van der Waals surface area contributed by atoms with Gasteiger partial charge in [0.2, 0.25) is 0 Å². The van der Waals surface area contributed by atoms with E-state index in [4.69, 9.17) is 4.74 Å². The summed E-state index contributed by atoms with van der Waals surface area (Å²) in [6, 6.07) is 2.58. The second-order valence-corrected chi connectivity index (χ2v) is 5.73. The molecule has 4 nitrogen and oxygen atoms in total. The Morgan fingerprint density at radius 1 is 1.32 bits per heavy atom. The van der Waals surface area contributed by atoms with Crippen LogP contribution in [0.15, 0.2) is 0 Å². The lowest BCUT2D eigenvalue weighted by Crippen LogP contribution is -2.50. The maximum Gasteiger partial charge on any atom is 0.0978 e. The van der Waals surface area contributed by atoms with Gasteiger partial charge in [-0.25, -0.2) is 0 Å². The van der Waals surface area contributed by atoms with Gasteiger partial charge in [0.05, 0.1) is 18.2 Å². The molecular formula is C15H27N3O. The van der Waals surface area contributed by atoms with Crippen LogP contribution in [0.4, 0.5) is 0 Å². The van der Waals surface area contributed by atoms with Crippen molar-refractivity contribution in [3.05, 3.63) is 0 Å². The third kappa shape index (κ3) is 4.45. The van der Waals surface area contributed by atoms with Gasteiger partial charge < -0.3 is 9.64 Å². The highest BCUT2D eigenvalue weighted by Gasteiger charge is 2.24. The zero-order chi connectivity index (χ0) is 13.5. The average Bonchev–Trinajstić information content (AvgIpc) is 2.96. The van der Waals surface area contributed by atoms with E-state index in [1.54, 1.807) is 0 Å². The number of ether oxygens (including phenoxy) is 1. The maximum atomic E-state index is 9.20. The van der Waals surface area contributed by atoms with Crippen molar-refractivity contribution in [3.63, 3.8) is 0 Å². The Hall–Kier alpha value is -0.630. The number of nitrogens with zero attached hydrogens (tertiary/aromatic N) is 3. The molecular weight excluding hydrogens is 238 g/mol. The minimum atomic E-state index is 0.130. The predicted octanol–water partition coefficient (Wildman–Crippen LogP) is 1.87. The van der Waals surface area contributed by atoms with Crippen LogP contribution in [-0.2, 0) is 4.74 Å². The van der Waals surface area contributed by atoms with E-state index in [-0.39, 0.29) is 6.04 Å². The van der Waals surface area contributed by atoms with Crippen molar-refractivity contribution in [2.24, 2.45) is 0 Å². The van der Waals surface area contributed by atoms with Gasteiger partial charge in [0.15, 0.2) is 0 Å². The van der Waals surface area contributed by atoms with Gasteiger partial charge in [-0.2, -0.15) is 5.26 Å². The highest BCUT2D eigenvalue weighted by molar-refractivity contribution is 4.93. The molecule has 0 aromatic heterocycles. The van der Waals surface area contributed by atoms with E-state index in [1.165, 1.54) is 19.3 Å². The number of piperazine rings is 1. The lowest BCUT2D eigenvalue weighted by atomic mass is 10.1. The van der Waals surface area contributed by atoms with Gasteiger partial charge in [0.25, 0.3) is 0 Å². The minimum absolute atomic E-state index is 0.130. The normalized spacial score (nSPS) is 27.3. The van der Waals surface area contributed by atoms with Crippen LogP contribution in [0.3, 0.4) is 0 Å². The molecule has 0 aliphatic carbocycles. The first kappa shape index (κ1) is 14.8. The fraction of sp³-hybridized carbons (Fsp3) is 0.933. The van der Waals surface area contributed by atoms with E-state index in [0.29, 0.717) is 6.10 Å². The van der Waals surface area contributed by atoms with Crippen LogP contribution in [0, 0.1) is 11.3 Å². The molecule has 2 aliphatic heterocycles. The molecule has 0 aromatic carbocycles. The molecule has 4 heteroatoms. The summed E-state index contributed by atoms with van der Waals surface area (Å²) in [5.74, 6) is 0. The SMILES string of the molecule is CCCC(C#N)N1CCN(CCC2CCCO2)CC1. The summed E-state index contributed by atoms with van der Waals surface area (Å²) in [6.07, 6.45) is 6.26. The van der Waals surface area contributed by atoms with E-state index in [2.05, 4.69) is 22.8 Å². The van der Waals surface area contributed by atoms with Gasteiger partial charge >= 0.3 is 0 Å². The van der Waals surface area contributed by atoms with Gasteiger partial charge in [0, 0.05) is 39.3 Å². The van der Waals surface area contributed by atoms with Crippen molar-refractivity contribution >= 4 is 0 Å². The molecule has 2 unspecified atom stereocenters. The molecule has 108 valence electrons. The molecule has 2 fully saturated rings. The Kier molecular flexibility index (Phi) is 6.09. The monoisotopic (exact) mass is 265 g/mol. The first-order chi connectivity index (χ1) is 9.33. The molecule has 2 heterocycles. The van der Waals surface area contributed by atoms with Crippen molar-refractivity contribution in [2.45, 2.75) is 51.2 Å². The molecule has 0 radical (unpaired) electrons. The van der Waals surface area contributed by atoms with Crippen LogP contribution >= 0.6 is 0 Å². The molecule has 0 amide bonds. The van der Waals surface area contributed by atoms with Gasteiger partial charge in [-0.05, 0) is 25.7 Å². The van der Waals surface area contributed by atoms with E-state index < -0.39 is 0 Å². The predicted molar refractivity (Wildman–Crippen MR) is 75.9 cm³/mol. The third-order valence-electron chi connectivity index (χ3n) is 4.35. The second-order valence-electron chi connectivity index (χ2n) is 5.73. The largest absolute Gasteiger partial charge is 0.378 e. The molecule has 2 atom stereocenters. The Labute approximate surface area is 117 Å². The summed E-state index contributed by atoms with van der Waals surface area (Å²) < 4.78 is 5.67. The summed E-state index contributed by atoms with van der Waals surface area (Å²) in [5, 5.41) is 9.20. The summed E-state index contributed by atoms with van der Waals surface area (Å²) in [7, 11) is 0. The van der Waals surface area contributed by atoms with Gasteiger partial charge in [-0.1, -0.05) is 13.3 Å². The minimum Gasteiger partial charge on any atom is -0.378 e. The van der Waals surface area contributed by atoms with Crippen molar-refractivity contribution in [3.8, 4) is 6.07 Å². The van der Waals surface area contributed by atoms with E-state index in [9.17, 15) is 5.26 Å².